The second-order valence-corrected chi connectivity index (χ2v) is 6.13. The molecule has 1 atom stereocenters. The minimum atomic E-state index is 0.0955. The molecule has 0 saturated heterocycles. The zero-order valence-corrected chi connectivity index (χ0v) is 14.6. The highest BCUT2D eigenvalue weighted by molar-refractivity contribution is 6.42. The summed E-state index contributed by atoms with van der Waals surface area (Å²) in [5.74, 6) is 0.818. The average Bonchev–Trinajstić information content (AvgIpc) is 2.58. The first-order valence-electron chi connectivity index (χ1n) is 7.63. The Morgan fingerprint density at radius 1 is 1.13 bits per heavy atom. The Bertz CT molecular complexity index is 630. The van der Waals surface area contributed by atoms with Gasteiger partial charge in [0.15, 0.2) is 0 Å². The van der Waals surface area contributed by atoms with Gasteiger partial charge in [-0.25, -0.2) is 0 Å². The van der Waals surface area contributed by atoms with Crippen molar-refractivity contribution in [2.75, 3.05) is 6.61 Å². The van der Waals surface area contributed by atoms with E-state index in [4.69, 9.17) is 27.9 Å². The summed E-state index contributed by atoms with van der Waals surface area (Å²) < 4.78 is 5.91. The Morgan fingerprint density at radius 2 is 1.91 bits per heavy atom. The Balaban J connectivity index is 2.00. The van der Waals surface area contributed by atoms with E-state index in [0.717, 1.165) is 23.3 Å². The summed E-state index contributed by atoms with van der Waals surface area (Å²) in [6.45, 7) is 3.24. The number of para-hydroxylation sites is 1. The first-order valence-corrected chi connectivity index (χ1v) is 8.38. The number of hydrogen-bond acceptors (Lipinski definition) is 3. The smallest absolute Gasteiger partial charge is 0.124 e. The van der Waals surface area contributed by atoms with Crippen molar-refractivity contribution in [1.29, 1.82) is 0 Å². The topological polar surface area (TPSA) is 41.5 Å². The molecule has 2 rings (SSSR count). The lowest BCUT2D eigenvalue weighted by atomic mass is 10.1. The van der Waals surface area contributed by atoms with Gasteiger partial charge in [-0.05, 0) is 30.2 Å². The van der Waals surface area contributed by atoms with E-state index in [9.17, 15) is 5.11 Å². The lowest BCUT2D eigenvalue weighted by Gasteiger charge is -2.16. The Hall–Kier alpha value is -1.26. The van der Waals surface area contributed by atoms with E-state index in [2.05, 4.69) is 5.32 Å². The maximum absolute atomic E-state index is 9.26. The summed E-state index contributed by atoms with van der Waals surface area (Å²) in [7, 11) is 0. The van der Waals surface area contributed by atoms with Crippen molar-refractivity contribution in [3.05, 3.63) is 63.6 Å². The van der Waals surface area contributed by atoms with Crippen molar-refractivity contribution in [2.24, 2.45) is 0 Å². The summed E-state index contributed by atoms with van der Waals surface area (Å²) in [5, 5.41) is 13.6. The van der Waals surface area contributed by atoms with Crippen LogP contribution in [0.2, 0.25) is 10.0 Å². The molecule has 0 spiro atoms. The van der Waals surface area contributed by atoms with Gasteiger partial charge in [0.25, 0.3) is 0 Å². The molecule has 0 aliphatic rings. The monoisotopic (exact) mass is 353 g/mol. The van der Waals surface area contributed by atoms with Crippen LogP contribution in [0.4, 0.5) is 0 Å². The van der Waals surface area contributed by atoms with Gasteiger partial charge in [0.2, 0.25) is 0 Å². The molecule has 2 N–H and O–H groups in total. The van der Waals surface area contributed by atoms with Gasteiger partial charge < -0.3 is 15.2 Å². The first kappa shape index (κ1) is 18.1. The van der Waals surface area contributed by atoms with E-state index in [1.54, 1.807) is 6.07 Å². The predicted molar refractivity (Wildman–Crippen MR) is 95.2 cm³/mol. The second kappa shape index (κ2) is 9.14. The highest BCUT2D eigenvalue weighted by Crippen LogP contribution is 2.24. The highest BCUT2D eigenvalue weighted by atomic mass is 35.5. The molecule has 3 nitrogen and oxygen atoms in total. The van der Waals surface area contributed by atoms with E-state index in [0.29, 0.717) is 23.2 Å². The number of hydrogen-bond donors (Lipinski definition) is 2. The van der Waals surface area contributed by atoms with Crippen molar-refractivity contribution in [3.8, 4) is 5.75 Å². The van der Waals surface area contributed by atoms with Gasteiger partial charge >= 0.3 is 0 Å². The van der Waals surface area contributed by atoms with Gasteiger partial charge in [0.05, 0.1) is 16.7 Å². The molecule has 2 aromatic carbocycles. The summed E-state index contributed by atoms with van der Waals surface area (Å²) in [6, 6.07) is 13.4. The van der Waals surface area contributed by atoms with Crippen LogP contribution in [0.1, 0.15) is 24.5 Å². The van der Waals surface area contributed by atoms with Crippen LogP contribution < -0.4 is 10.1 Å². The Labute approximate surface area is 147 Å². The fourth-order valence-electron chi connectivity index (χ4n) is 2.17. The molecular weight excluding hydrogens is 333 g/mol. The fraction of sp³-hybridized carbons (Fsp3) is 0.333. The van der Waals surface area contributed by atoms with Crippen LogP contribution in [0, 0.1) is 0 Å². The van der Waals surface area contributed by atoms with E-state index in [1.807, 2.05) is 43.3 Å². The largest absolute Gasteiger partial charge is 0.489 e. The van der Waals surface area contributed by atoms with E-state index in [1.165, 1.54) is 0 Å². The lowest BCUT2D eigenvalue weighted by molar-refractivity contribution is 0.237. The lowest BCUT2D eigenvalue weighted by Crippen LogP contribution is -2.31. The summed E-state index contributed by atoms with van der Waals surface area (Å²) >= 11 is 11.9. The number of benzene rings is 2. The first-order chi connectivity index (χ1) is 11.1. The molecule has 0 fully saturated rings. The number of nitrogens with one attached hydrogen (secondary N) is 1. The van der Waals surface area contributed by atoms with E-state index >= 15 is 0 Å². The third-order valence-corrected chi connectivity index (χ3v) is 4.38. The molecule has 2 aromatic rings. The van der Waals surface area contributed by atoms with Crippen LogP contribution in [0.25, 0.3) is 0 Å². The molecular formula is C18H21Cl2NO2. The molecule has 23 heavy (non-hydrogen) atoms. The van der Waals surface area contributed by atoms with Crippen LogP contribution in [-0.2, 0) is 13.2 Å². The minimum Gasteiger partial charge on any atom is -0.489 e. The molecule has 124 valence electrons. The van der Waals surface area contributed by atoms with Gasteiger partial charge in [-0.3, -0.25) is 0 Å². The summed E-state index contributed by atoms with van der Waals surface area (Å²) in [4.78, 5) is 0. The zero-order valence-electron chi connectivity index (χ0n) is 13.1. The predicted octanol–water partition coefficient (Wildman–Crippen LogP) is 4.43. The average molecular weight is 354 g/mol. The van der Waals surface area contributed by atoms with Gasteiger partial charge in [0.1, 0.15) is 12.4 Å². The quantitative estimate of drug-likeness (QED) is 0.737. The summed E-state index contributed by atoms with van der Waals surface area (Å²) in [5.41, 5.74) is 2.02. The summed E-state index contributed by atoms with van der Waals surface area (Å²) in [6.07, 6.45) is 0.878. The van der Waals surface area contributed by atoms with Crippen molar-refractivity contribution in [1.82, 2.24) is 5.32 Å². The molecule has 0 aliphatic carbocycles. The molecule has 0 bridgehead atoms. The van der Waals surface area contributed by atoms with Gasteiger partial charge in [-0.2, -0.15) is 0 Å². The standard InChI is InChI=1S/C18H21Cl2NO2/c1-2-15(11-22)21-10-14-5-3-4-6-18(14)23-12-13-7-8-16(19)17(20)9-13/h3-9,15,21-22H,2,10-12H2,1H3. The zero-order chi connectivity index (χ0) is 16.7. The highest BCUT2D eigenvalue weighted by Gasteiger charge is 2.08. The van der Waals surface area contributed by atoms with Crippen LogP contribution >= 0.6 is 23.2 Å². The maximum atomic E-state index is 9.26. The Kier molecular flexibility index (Phi) is 7.18. The van der Waals surface area contributed by atoms with Gasteiger partial charge in [-0.15, -0.1) is 0 Å². The number of halogens is 2. The molecule has 5 heteroatoms. The van der Waals surface area contributed by atoms with Crippen LogP contribution in [0.15, 0.2) is 42.5 Å². The number of aliphatic hydroxyl groups is 1. The molecule has 0 aliphatic heterocycles. The molecule has 1 unspecified atom stereocenters. The Morgan fingerprint density at radius 3 is 2.61 bits per heavy atom. The SMILES string of the molecule is CCC(CO)NCc1ccccc1OCc1ccc(Cl)c(Cl)c1. The van der Waals surface area contributed by atoms with Gasteiger partial charge in [0, 0.05) is 18.2 Å². The van der Waals surface area contributed by atoms with E-state index in [-0.39, 0.29) is 12.6 Å². The van der Waals surface area contributed by atoms with Crippen molar-refractivity contribution in [3.63, 3.8) is 0 Å². The molecule has 0 saturated carbocycles. The molecule has 0 aromatic heterocycles. The van der Waals surface area contributed by atoms with Crippen LogP contribution in [-0.4, -0.2) is 17.8 Å². The second-order valence-electron chi connectivity index (χ2n) is 5.31. The van der Waals surface area contributed by atoms with Crippen LogP contribution in [0.5, 0.6) is 5.75 Å². The number of ether oxygens (including phenoxy) is 1. The maximum Gasteiger partial charge on any atom is 0.124 e. The minimum absolute atomic E-state index is 0.0955. The molecule has 0 heterocycles. The van der Waals surface area contributed by atoms with Crippen LogP contribution in [0.3, 0.4) is 0 Å². The number of aliphatic hydroxyl groups excluding tert-OH is 1. The number of rotatable bonds is 8. The molecule has 0 radical (unpaired) electrons. The third-order valence-electron chi connectivity index (χ3n) is 3.65. The normalized spacial score (nSPS) is 12.2. The van der Waals surface area contributed by atoms with Crippen molar-refractivity contribution < 1.29 is 9.84 Å². The van der Waals surface area contributed by atoms with Crippen molar-refractivity contribution in [2.45, 2.75) is 32.5 Å². The molecule has 0 amide bonds. The van der Waals surface area contributed by atoms with Gasteiger partial charge in [-0.1, -0.05) is 54.4 Å². The van der Waals surface area contributed by atoms with Crippen molar-refractivity contribution >= 4 is 23.2 Å². The fourth-order valence-corrected chi connectivity index (χ4v) is 2.49. The third kappa shape index (κ3) is 5.40. The van der Waals surface area contributed by atoms with E-state index < -0.39 is 0 Å².